The lowest BCUT2D eigenvalue weighted by atomic mass is 9.87. The standard InChI is InChI=1S/C6H13N3O2/c1-5(2,8-9-7)6(3,4)11-10/h10H,1-4H3. The first-order valence-electron chi connectivity index (χ1n) is 3.26. The summed E-state index contributed by atoms with van der Waals surface area (Å²) in [5.74, 6) is 0. The van der Waals surface area contributed by atoms with Gasteiger partial charge >= 0.3 is 0 Å². The molecule has 0 aromatic heterocycles. The SMILES string of the molecule is CC(C)(N=[N+]=[N-])C(C)(C)OO. The molecule has 0 spiro atoms. The molecular weight excluding hydrogens is 146 g/mol. The van der Waals surface area contributed by atoms with Crippen molar-refractivity contribution in [1.82, 2.24) is 0 Å². The van der Waals surface area contributed by atoms with E-state index in [1.807, 2.05) is 0 Å². The average Bonchev–Trinajstić information content (AvgIpc) is 1.87. The number of nitrogens with zero attached hydrogens (tertiary/aromatic N) is 3. The van der Waals surface area contributed by atoms with Crippen LogP contribution in [0.3, 0.4) is 0 Å². The van der Waals surface area contributed by atoms with Crippen LogP contribution >= 0.6 is 0 Å². The summed E-state index contributed by atoms with van der Waals surface area (Å²) in [4.78, 5) is 6.85. The zero-order valence-electron chi connectivity index (χ0n) is 7.20. The Labute approximate surface area is 65.5 Å². The van der Waals surface area contributed by atoms with Crippen LogP contribution in [-0.4, -0.2) is 16.4 Å². The Balaban J connectivity index is 4.65. The Bertz CT molecular complexity index is 182. The number of hydrogen-bond donors (Lipinski definition) is 1. The van der Waals surface area contributed by atoms with E-state index in [0.717, 1.165) is 0 Å². The largest absolute Gasteiger partial charge is 0.251 e. The van der Waals surface area contributed by atoms with E-state index < -0.39 is 11.1 Å². The van der Waals surface area contributed by atoms with E-state index in [4.69, 9.17) is 10.8 Å². The summed E-state index contributed by atoms with van der Waals surface area (Å²) in [6.45, 7) is 6.65. The van der Waals surface area contributed by atoms with Gasteiger partial charge in [-0.25, -0.2) is 4.89 Å². The maximum absolute atomic E-state index is 8.47. The topological polar surface area (TPSA) is 78.2 Å². The molecule has 0 aliphatic carbocycles. The fraction of sp³-hybridized carbons (Fsp3) is 1.00. The molecule has 5 nitrogen and oxygen atoms in total. The van der Waals surface area contributed by atoms with Gasteiger partial charge in [-0.3, -0.25) is 5.26 Å². The van der Waals surface area contributed by atoms with Gasteiger partial charge in [0.15, 0.2) is 0 Å². The van der Waals surface area contributed by atoms with Gasteiger partial charge in [-0.15, -0.1) is 0 Å². The molecule has 0 aromatic rings. The van der Waals surface area contributed by atoms with Crippen LogP contribution in [0.15, 0.2) is 5.11 Å². The molecule has 0 amide bonds. The van der Waals surface area contributed by atoms with E-state index in [0.29, 0.717) is 0 Å². The van der Waals surface area contributed by atoms with Crippen molar-refractivity contribution in [1.29, 1.82) is 0 Å². The van der Waals surface area contributed by atoms with Gasteiger partial charge in [0.1, 0.15) is 5.60 Å². The molecule has 0 unspecified atom stereocenters. The Morgan fingerprint density at radius 3 is 2.09 bits per heavy atom. The molecule has 1 N–H and O–H groups in total. The molecule has 0 saturated carbocycles. The molecule has 0 rings (SSSR count). The molecule has 0 radical (unpaired) electrons. The van der Waals surface area contributed by atoms with Crippen molar-refractivity contribution in [3.8, 4) is 0 Å². The highest BCUT2D eigenvalue weighted by Gasteiger charge is 2.38. The van der Waals surface area contributed by atoms with E-state index in [2.05, 4.69) is 14.9 Å². The lowest BCUT2D eigenvalue weighted by molar-refractivity contribution is -0.326. The van der Waals surface area contributed by atoms with Gasteiger partial charge in [0.05, 0.1) is 5.54 Å². The van der Waals surface area contributed by atoms with Crippen molar-refractivity contribution in [2.75, 3.05) is 0 Å². The Hall–Kier alpha value is -0.770. The summed E-state index contributed by atoms with van der Waals surface area (Å²) >= 11 is 0. The molecule has 0 fully saturated rings. The van der Waals surface area contributed by atoms with Crippen LogP contribution in [0.5, 0.6) is 0 Å². The molecule has 0 atom stereocenters. The van der Waals surface area contributed by atoms with Crippen LogP contribution in [0.4, 0.5) is 0 Å². The first-order chi connectivity index (χ1) is 4.87. The number of rotatable bonds is 3. The van der Waals surface area contributed by atoms with Crippen LogP contribution in [0, 0.1) is 0 Å². The van der Waals surface area contributed by atoms with E-state index in [1.54, 1.807) is 27.7 Å². The summed E-state index contributed by atoms with van der Waals surface area (Å²) < 4.78 is 0. The zero-order valence-corrected chi connectivity index (χ0v) is 7.20. The molecule has 0 aromatic carbocycles. The van der Waals surface area contributed by atoms with Crippen LogP contribution in [0.25, 0.3) is 10.4 Å². The molecule has 0 saturated heterocycles. The molecular formula is C6H13N3O2. The maximum Gasteiger partial charge on any atom is 0.108 e. The Morgan fingerprint density at radius 2 is 1.82 bits per heavy atom. The lowest BCUT2D eigenvalue weighted by Gasteiger charge is -2.34. The third kappa shape index (κ3) is 2.08. The molecule has 0 bridgehead atoms. The van der Waals surface area contributed by atoms with Crippen molar-refractivity contribution in [3.63, 3.8) is 0 Å². The minimum Gasteiger partial charge on any atom is -0.251 e. The van der Waals surface area contributed by atoms with E-state index in [-0.39, 0.29) is 0 Å². The molecule has 0 heterocycles. The summed E-state index contributed by atoms with van der Waals surface area (Å²) in [6, 6.07) is 0. The minimum absolute atomic E-state index is 0.767. The summed E-state index contributed by atoms with van der Waals surface area (Å²) in [5, 5.41) is 12.0. The van der Waals surface area contributed by atoms with E-state index in [9.17, 15) is 0 Å². The normalized spacial score (nSPS) is 12.5. The van der Waals surface area contributed by atoms with E-state index >= 15 is 0 Å². The van der Waals surface area contributed by atoms with Crippen molar-refractivity contribution < 1.29 is 10.1 Å². The fourth-order valence-corrected chi connectivity index (χ4v) is 0.344. The first kappa shape index (κ1) is 10.2. The quantitative estimate of drug-likeness (QED) is 0.225. The van der Waals surface area contributed by atoms with Gasteiger partial charge in [-0.05, 0) is 19.4 Å². The number of hydrogen-bond acceptors (Lipinski definition) is 3. The van der Waals surface area contributed by atoms with Gasteiger partial charge in [-0.2, -0.15) is 0 Å². The van der Waals surface area contributed by atoms with Gasteiger partial charge < -0.3 is 0 Å². The fourth-order valence-electron chi connectivity index (χ4n) is 0.344. The molecule has 64 valence electrons. The summed E-state index contributed by atoms with van der Waals surface area (Å²) in [6.07, 6.45) is 0. The highest BCUT2D eigenvalue weighted by Crippen LogP contribution is 2.28. The number of azide groups is 1. The second-order valence-electron chi connectivity index (χ2n) is 3.35. The highest BCUT2D eigenvalue weighted by atomic mass is 17.1. The van der Waals surface area contributed by atoms with Gasteiger partial charge in [0.2, 0.25) is 0 Å². The zero-order chi connectivity index (χ0) is 9.12. The first-order valence-corrected chi connectivity index (χ1v) is 3.26. The average molecular weight is 159 g/mol. The van der Waals surface area contributed by atoms with Crippen molar-refractivity contribution in [2.45, 2.75) is 38.8 Å². The van der Waals surface area contributed by atoms with Gasteiger partial charge in [0.25, 0.3) is 0 Å². The molecule has 11 heavy (non-hydrogen) atoms. The van der Waals surface area contributed by atoms with Gasteiger partial charge in [0, 0.05) is 4.91 Å². The molecule has 0 aliphatic rings. The summed E-state index contributed by atoms with van der Waals surface area (Å²) in [7, 11) is 0. The maximum atomic E-state index is 8.47. The molecule has 5 heteroatoms. The Kier molecular flexibility index (Phi) is 2.87. The summed E-state index contributed by atoms with van der Waals surface area (Å²) in [5.41, 5.74) is 6.54. The van der Waals surface area contributed by atoms with Crippen LogP contribution in [-0.2, 0) is 4.89 Å². The second kappa shape index (κ2) is 3.09. The van der Waals surface area contributed by atoms with Crippen molar-refractivity contribution in [3.05, 3.63) is 10.4 Å². The van der Waals surface area contributed by atoms with Gasteiger partial charge in [-0.1, -0.05) is 19.0 Å². The highest BCUT2D eigenvalue weighted by molar-refractivity contribution is 4.94. The van der Waals surface area contributed by atoms with Crippen LogP contribution in [0.2, 0.25) is 0 Å². The van der Waals surface area contributed by atoms with Crippen molar-refractivity contribution in [2.24, 2.45) is 5.11 Å². The monoisotopic (exact) mass is 159 g/mol. The lowest BCUT2D eigenvalue weighted by Crippen LogP contribution is -2.44. The second-order valence-corrected chi connectivity index (χ2v) is 3.35. The molecule has 0 aliphatic heterocycles. The third-order valence-corrected chi connectivity index (χ3v) is 2.00. The third-order valence-electron chi connectivity index (χ3n) is 2.00. The van der Waals surface area contributed by atoms with Crippen LogP contribution in [0.1, 0.15) is 27.7 Å². The predicted octanol–water partition coefficient (Wildman–Crippen LogP) is 2.34. The van der Waals surface area contributed by atoms with E-state index in [1.165, 1.54) is 0 Å². The smallest absolute Gasteiger partial charge is 0.108 e. The predicted molar refractivity (Wildman–Crippen MR) is 41.0 cm³/mol. The van der Waals surface area contributed by atoms with Crippen molar-refractivity contribution >= 4 is 0 Å². The van der Waals surface area contributed by atoms with Crippen LogP contribution < -0.4 is 0 Å². The Morgan fingerprint density at radius 1 is 1.36 bits per heavy atom. The minimum atomic E-state index is -0.876.